The number of imide groups is 1. The van der Waals surface area contributed by atoms with Crippen molar-refractivity contribution in [1.82, 2.24) is 4.90 Å². The Morgan fingerprint density at radius 1 is 1.29 bits per heavy atom. The summed E-state index contributed by atoms with van der Waals surface area (Å²) in [6.45, 7) is 5.06. The van der Waals surface area contributed by atoms with Crippen molar-refractivity contribution in [1.29, 1.82) is 5.26 Å². The molecule has 0 saturated carbocycles. The van der Waals surface area contributed by atoms with E-state index in [0.29, 0.717) is 6.41 Å². The average Bonchev–Trinajstić information content (AvgIpc) is 2.75. The first kappa shape index (κ1) is 23.9. The number of ether oxygens (including phenoxy) is 1. The molecule has 0 N–H and O–H groups in total. The number of hydrogen-bond donors (Lipinski definition) is 0. The summed E-state index contributed by atoms with van der Waals surface area (Å²) < 4.78 is 20.6. The van der Waals surface area contributed by atoms with E-state index in [4.69, 9.17) is 33.2 Å². The average molecular weight is 459 g/mol. The Balaban J connectivity index is 2.32. The molecule has 2 aromatic carbocycles. The Bertz CT molecular complexity index is 1120. The van der Waals surface area contributed by atoms with Gasteiger partial charge in [-0.2, -0.15) is 5.26 Å². The molecule has 2 amide bonds. The summed E-state index contributed by atoms with van der Waals surface area (Å²) in [5.41, 5.74) is 0.268. The van der Waals surface area contributed by atoms with E-state index in [-0.39, 0.29) is 44.8 Å². The summed E-state index contributed by atoms with van der Waals surface area (Å²) in [6.07, 6.45) is 6.79. The maximum absolute atomic E-state index is 15.1. The number of benzene rings is 2. The molecule has 0 atom stereocenters. The summed E-state index contributed by atoms with van der Waals surface area (Å²) in [7, 11) is 0. The fraction of sp³-hybridized carbons (Fsp3) is 0.0870. The van der Waals surface area contributed by atoms with E-state index in [9.17, 15) is 9.59 Å². The predicted molar refractivity (Wildman–Crippen MR) is 117 cm³/mol. The van der Waals surface area contributed by atoms with E-state index >= 15 is 4.39 Å². The highest BCUT2D eigenvalue weighted by atomic mass is 35.5. The lowest BCUT2D eigenvalue weighted by molar-refractivity contribution is -0.135. The molecule has 5 nitrogen and oxygen atoms in total. The number of amides is 2. The summed E-state index contributed by atoms with van der Waals surface area (Å²) in [5.74, 6) is -1.76. The molecule has 0 fully saturated rings. The number of rotatable bonds is 8. The molecule has 158 valence electrons. The van der Waals surface area contributed by atoms with Crippen LogP contribution >= 0.6 is 23.2 Å². The van der Waals surface area contributed by atoms with Gasteiger partial charge in [-0.15, -0.1) is 0 Å². The van der Waals surface area contributed by atoms with Crippen molar-refractivity contribution in [3.8, 4) is 17.6 Å². The van der Waals surface area contributed by atoms with E-state index in [1.165, 1.54) is 36.4 Å². The topological polar surface area (TPSA) is 70.4 Å². The van der Waals surface area contributed by atoms with Crippen LogP contribution in [0.25, 0.3) is 0 Å². The first-order valence-electron chi connectivity index (χ1n) is 8.90. The zero-order valence-corrected chi connectivity index (χ0v) is 18.0. The van der Waals surface area contributed by atoms with Gasteiger partial charge in [0.1, 0.15) is 5.75 Å². The van der Waals surface area contributed by atoms with E-state index in [2.05, 4.69) is 6.58 Å². The zero-order valence-electron chi connectivity index (χ0n) is 16.4. The van der Waals surface area contributed by atoms with Crippen molar-refractivity contribution in [3.05, 3.63) is 93.8 Å². The van der Waals surface area contributed by atoms with Gasteiger partial charge in [-0.3, -0.25) is 14.5 Å². The Hall–Kier alpha value is -3.40. The van der Waals surface area contributed by atoms with E-state index in [1.807, 2.05) is 6.07 Å². The Morgan fingerprint density at radius 2 is 2.03 bits per heavy atom. The predicted octanol–water partition coefficient (Wildman–Crippen LogP) is 5.97. The van der Waals surface area contributed by atoms with Crippen LogP contribution in [0.15, 0.2) is 66.8 Å². The summed E-state index contributed by atoms with van der Waals surface area (Å²) in [6, 6.07) is 8.82. The molecule has 0 heterocycles. The van der Waals surface area contributed by atoms with Gasteiger partial charge < -0.3 is 4.74 Å². The van der Waals surface area contributed by atoms with Crippen LogP contribution in [-0.2, 0) is 16.1 Å². The number of nitrogens with zero attached hydrogens (tertiary/aromatic N) is 2. The van der Waals surface area contributed by atoms with Crippen molar-refractivity contribution in [2.75, 3.05) is 0 Å². The maximum Gasteiger partial charge on any atom is 0.259 e. The molecule has 0 aliphatic carbocycles. The third kappa shape index (κ3) is 6.29. The largest absolute Gasteiger partial charge is 0.453 e. The third-order valence-electron chi connectivity index (χ3n) is 3.95. The Kier molecular flexibility index (Phi) is 8.56. The molecule has 31 heavy (non-hydrogen) atoms. The van der Waals surface area contributed by atoms with Gasteiger partial charge in [-0.05, 0) is 31.2 Å². The first-order valence-corrected chi connectivity index (χ1v) is 9.66. The first-order chi connectivity index (χ1) is 14.8. The van der Waals surface area contributed by atoms with Gasteiger partial charge in [0.15, 0.2) is 11.6 Å². The third-order valence-corrected chi connectivity index (χ3v) is 4.47. The minimum absolute atomic E-state index is 0.00683. The smallest absolute Gasteiger partial charge is 0.259 e. The fourth-order valence-electron chi connectivity index (χ4n) is 2.47. The minimum Gasteiger partial charge on any atom is -0.453 e. The van der Waals surface area contributed by atoms with Crippen molar-refractivity contribution in [2.45, 2.75) is 13.5 Å². The van der Waals surface area contributed by atoms with Gasteiger partial charge >= 0.3 is 0 Å². The van der Waals surface area contributed by atoms with E-state index < -0.39 is 11.7 Å². The fourth-order valence-corrected chi connectivity index (χ4v) is 2.88. The Labute approximate surface area is 189 Å². The van der Waals surface area contributed by atoms with Crippen LogP contribution in [0.2, 0.25) is 10.0 Å². The van der Waals surface area contributed by atoms with Gasteiger partial charge in [0.2, 0.25) is 6.41 Å². The highest BCUT2D eigenvalue weighted by molar-refractivity contribution is 6.32. The normalized spacial score (nSPS) is 10.8. The lowest BCUT2D eigenvalue weighted by Gasteiger charge is -2.18. The SMILES string of the molecule is C=C(/C=C\C=C/C)C(=O)N(C=O)Cc1ccc(Cl)c(Oc2cc(Cl)cc(C#N)c2)c1F. The molecule has 0 aliphatic rings. The van der Waals surface area contributed by atoms with Gasteiger partial charge in [0.05, 0.1) is 23.2 Å². The molecule has 8 heteroatoms. The van der Waals surface area contributed by atoms with Crippen LogP contribution in [0.5, 0.6) is 11.5 Å². The quantitative estimate of drug-likeness (QED) is 0.277. The molecule has 0 aliphatic heterocycles. The number of carbonyl (C=O) groups excluding carboxylic acids is 2. The standard InChI is InChI=1S/C23H17Cl2FN2O3/c1-3-4-5-6-15(2)23(30)28(14-29)13-17-7-8-20(25)22(21(17)26)31-19-10-16(12-27)9-18(24)11-19/h3-11,14H,2,13H2,1H3/b4-3-,6-5-. The van der Waals surface area contributed by atoms with Crippen LogP contribution in [0, 0.1) is 17.1 Å². The Morgan fingerprint density at radius 3 is 2.68 bits per heavy atom. The van der Waals surface area contributed by atoms with Gasteiger partial charge in [0.25, 0.3) is 5.91 Å². The highest BCUT2D eigenvalue weighted by Gasteiger charge is 2.21. The second-order valence-electron chi connectivity index (χ2n) is 6.19. The second kappa shape index (κ2) is 11.1. The molecule has 2 rings (SSSR count). The minimum atomic E-state index is -0.860. The van der Waals surface area contributed by atoms with E-state index in [0.717, 1.165) is 4.90 Å². The number of halogens is 3. The molecule has 2 aromatic rings. The van der Waals surface area contributed by atoms with Crippen molar-refractivity contribution in [3.63, 3.8) is 0 Å². The van der Waals surface area contributed by atoms with Crippen LogP contribution < -0.4 is 4.74 Å². The lowest BCUT2D eigenvalue weighted by atomic mass is 10.1. The summed E-state index contributed by atoms with van der Waals surface area (Å²) in [5, 5.41) is 9.23. The van der Waals surface area contributed by atoms with Crippen molar-refractivity contribution >= 4 is 35.5 Å². The second-order valence-corrected chi connectivity index (χ2v) is 7.03. The van der Waals surface area contributed by atoms with Crippen LogP contribution in [0.4, 0.5) is 4.39 Å². The summed E-state index contributed by atoms with van der Waals surface area (Å²) in [4.78, 5) is 24.7. The summed E-state index contributed by atoms with van der Waals surface area (Å²) >= 11 is 12.0. The van der Waals surface area contributed by atoms with E-state index in [1.54, 1.807) is 25.2 Å². The lowest BCUT2D eigenvalue weighted by Crippen LogP contribution is -2.30. The molecule has 0 aromatic heterocycles. The molecule has 0 saturated heterocycles. The van der Waals surface area contributed by atoms with Crippen LogP contribution in [0.1, 0.15) is 18.1 Å². The van der Waals surface area contributed by atoms with Gasteiger partial charge in [-0.1, -0.05) is 60.2 Å². The van der Waals surface area contributed by atoms with Crippen molar-refractivity contribution < 1.29 is 18.7 Å². The van der Waals surface area contributed by atoms with Crippen molar-refractivity contribution in [2.24, 2.45) is 0 Å². The number of hydrogen-bond acceptors (Lipinski definition) is 4. The monoisotopic (exact) mass is 458 g/mol. The highest BCUT2D eigenvalue weighted by Crippen LogP contribution is 2.35. The molecular weight excluding hydrogens is 442 g/mol. The maximum atomic E-state index is 15.1. The molecule has 0 unspecified atom stereocenters. The number of carbonyl (C=O) groups is 2. The van der Waals surface area contributed by atoms with Crippen LogP contribution in [-0.4, -0.2) is 17.2 Å². The molecule has 0 radical (unpaired) electrons. The molecule has 0 bridgehead atoms. The van der Waals surface area contributed by atoms with Gasteiger partial charge in [-0.25, -0.2) is 4.39 Å². The molecular formula is C23H17Cl2FN2O3. The van der Waals surface area contributed by atoms with Crippen LogP contribution in [0.3, 0.4) is 0 Å². The molecule has 0 spiro atoms. The zero-order chi connectivity index (χ0) is 23.0. The van der Waals surface area contributed by atoms with Gasteiger partial charge in [0, 0.05) is 16.2 Å². The number of allylic oxidation sites excluding steroid dienone is 3. The number of nitriles is 1.